The number of nitrogens with zero attached hydrogens (tertiary/aromatic N) is 1. The van der Waals surface area contributed by atoms with Gasteiger partial charge in [-0.2, -0.15) is 0 Å². The molecule has 0 aliphatic heterocycles. The van der Waals surface area contributed by atoms with Gasteiger partial charge in [0.1, 0.15) is 0 Å². The van der Waals surface area contributed by atoms with Crippen molar-refractivity contribution in [2.75, 3.05) is 19.5 Å². The maximum atomic E-state index is 11.7. The summed E-state index contributed by atoms with van der Waals surface area (Å²) in [6, 6.07) is 16.5. The van der Waals surface area contributed by atoms with E-state index in [1.165, 1.54) is 23.8 Å². The zero-order valence-corrected chi connectivity index (χ0v) is 13.6. The van der Waals surface area contributed by atoms with Gasteiger partial charge in [0.05, 0.1) is 7.11 Å². The summed E-state index contributed by atoms with van der Waals surface area (Å²) in [5.74, 6) is 0.674. The normalized spacial score (nSPS) is 13.7. The predicted molar refractivity (Wildman–Crippen MR) is 91.3 cm³/mol. The fraction of sp³-hybridized carbons (Fsp3) is 0.316. The molecule has 0 saturated heterocycles. The minimum absolute atomic E-state index is 0.286. The molecule has 1 aliphatic rings. The van der Waals surface area contributed by atoms with Crippen LogP contribution in [-0.2, 0) is 24.1 Å². The highest BCUT2D eigenvalue weighted by Gasteiger charge is 2.20. The molecule has 0 unspecified atom stereocenters. The molecule has 4 nitrogen and oxygen atoms in total. The van der Waals surface area contributed by atoms with E-state index in [1.54, 1.807) is 7.05 Å². The number of urea groups is 1. The second-order valence-electron chi connectivity index (χ2n) is 6.05. The largest absolute Gasteiger partial charge is 0.345 e. The molecule has 1 aliphatic carbocycles. The molecular weight excluding hydrogens is 288 g/mol. The number of hydroxylamine groups is 2. The van der Waals surface area contributed by atoms with E-state index in [0.717, 1.165) is 30.0 Å². The Bertz CT molecular complexity index is 657. The monoisotopic (exact) mass is 310 g/mol. The highest BCUT2D eigenvalue weighted by atomic mass is 16.7. The number of hydrogen-bond donors (Lipinski definition) is 1. The molecular formula is C19H22N2O2. The minimum Gasteiger partial charge on any atom is -0.306 e. The lowest BCUT2D eigenvalue weighted by molar-refractivity contribution is -0.0598. The van der Waals surface area contributed by atoms with Gasteiger partial charge in [-0.1, -0.05) is 36.4 Å². The molecule has 0 fully saturated rings. The van der Waals surface area contributed by atoms with Gasteiger partial charge in [-0.05, 0) is 54.0 Å². The van der Waals surface area contributed by atoms with Gasteiger partial charge < -0.3 is 5.32 Å². The average Bonchev–Trinajstić information content (AvgIpc) is 2.98. The lowest BCUT2D eigenvalue weighted by atomic mass is 9.96. The summed E-state index contributed by atoms with van der Waals surface area (Å²) in [6.07, 6.45) is 3.39. The van der Waals surface area contributed by atoms with Crippen LogP contribution in [0.3, 0.4) is 0 Å². The standard InChI is InChI=1S/C19H22N2O2/c1-21(23-2)19(22)20-18-9-7-14(8-10-18)11-15-12-16-5-3-4-6-17(16)13-15/h3-10,15H,11-13H2,1-2H3,(H,20,22). The highest BCUT2D eigenvalue weighted by molar-refractivity contribution is 5.88. The lowest BCUT2D eigenvalue weighted by Crippen LogP contribution is -2.30. The van der Waals surface area contributed by atoms with E-state index in [0.29, 0.717) is 5.92 Å². The van der Waals surface area contributed by atoms with Gasteiger partial charge in [0.15, 0.2) is 0 Å². The number of benzene rings is 2. The number of fused-ring (bicyclic) bond motifs is 1. The van der Waals surface area contributed by atoms with E-state index in [-0.39, 0.29) is 6.03 Å². The van der Waals surface area contributed by atoms with Gasteiger partial charge in [-0.25, -0.2) is 9.86 Å². The molecule has 0 saturated carbocycles. The average molecular weight is 310 g/mol. The summed E-state index contributed by atoms with van der Waals surface area (Å²) in [5, 5.41) is 3.95. The topological polar surface area (TPSA) is 41.6 Å². The first-order valence-electron chi connectivity index (χ1n) is 7.90. The lowest BCUT2D eigenvalue weighted by Gasteiger charge is -2.15. The number of hydrogen-bond acceptors (Lipinski definition) is 2. The fourth-order valence-corrected chi connectivity index (χ4v) is 3.14. The van der Waals surface area contributed by atoms with Gasteiger partial charge in [0.2, 0.25) is 0 Å². The van der Waals surface area contributed by atoms with Gasteiger partial charge in [0, 0.05) is 12.7 Å². The summed E-state index contributed by atoms with van der Waals surface area (Å²) < 4.78 is 0. The van der Waals surface area contributed by atoms with Gasteiger partial charge in [0.25, 0.3) is 0 Å². The Balaban J connectivity index is 1.57. The van der Waals surface area contributed by atoms with Crippen LogP contribution in [0.15, 0.2) is 48.5 Å². The van der Waals surface area contributed by atoms with Crippen molar-refractivity contribution >= 4 is 11.7 Å². The highest BCUT2D eigenvalue weighted by Crippen LogP contribution is 2.29. The summed E-state index contributed by atoms with van der Waals surface area (Å²) in [6.45, 7) is 0. The van der Waals surface area contributed by atoms with E-state index < -0.39 is 0 Å². The summed E-state index contributed by atoms with van der Waals surface area (Å²) in [5.41, 5.74) is 5.06. The minimum atomic E-state index is -0.286. The Kier molecular flexibility index (Phi) is 4.63. The third-order valence-corrected chi connectivity index (χ3v) is 4.43. The maximum Gasteiger partial charge on any atom is 0.345 e. The molecule has 0 spiro atoms. The third kappa shape index (κ3) is 3.71. The van der Waals surface area contributed by atoms with E-state index >= 15 is 0 Å². The van der Waals surface area contributed by atoms with Crippen LogP contribution in [-0.4, -0.2) is 25.3 Å². The first-order valence-corrected chi connectivity index (χ1v) is 7.90. The molecule has 120 valence electrons. The van der Waals surface area contributed by atoms with E-state index in [2.05, 4.69) is 41.7 Å². The quantitative estimate of drug-likeness (QED) is 0.876. The number of rotatable bonds is 4. The molecule has 3 rings (SSSR count). The van der Waals surface area contributed by atoms with Crippen molar-refractivity contribution in [2.45, 2.75) is 19.3 Å². The molecule has 0 heterocycles. The second kappa shape index (κ2) is 6.84. The SMILES string of the molecule is CON(C)C(=O)Nc1ccc(CC2Cc3ccccc3C2)cc1. The number of amides is 2. The maximum absolute atomic E-state index is 11.7. The van der Waals surface area contributed by atoms with Crippen LogP contribution < -0.4 is 5.32 Å². The molecule has 0 bridgehead atoms. The van der Waals surface area contributed by atoms with Gasteiger partial charge in [-0.3, -0.25) is 4.84 Å². The van der Waals surface area contributed by atoms with Gasteiger partial charge in [-0.15, -0.1) is 0 Å². The van der Waals surface area contributed by atoms with E-state index in [4.69, 9.17) is 4.84 Å². The van der Waals surface area contributed by atoms with Crippen LogP contribution in [0, 0.1) is 5.92 Å². The van der Waals surface area contributed by atoms with Crippen LogP contribution in [0.4, 0.5) is 10.5 Å². The predicted octanol–water partition coefficient (Wildman–Crippen LogP) is 3.67. The number of carbonyl (C=O) groups excluding carboxylic acids is 1. The number of nitrogens with one attached hydrogen (secondary N) is 1. The zero-order chi connectivity index (χ0) is 16.2. The first-order chi connectivity index (χ1) is 11.2. The van der Waals surface area contributed by atoms with Crippen LogP contribution in [0.2, 0.25) is 0 Å². The van der Waals surface area contributed by atoms with Crippen molar-refractivity contribution in [2.24, 2.45) is 5.92 Å². The Labute approximate surface area is 137 Å². The van der Waals surface area contributed by atoms with Crippen LogP contribution in [0.1, 0.15) is 16.7 Å². The number of anilines is 1. The van der Waals surface area contributed by atoms with Crippen molar-refractivity contribution < 1.29 is 9.63 Å². The Morgan fingerprint density at radius 3 is 2.30 bits per heavy atom. The molecule has 2 aromatic rings. The molecule has 0 atom stereocenters. The van der Waals surface area contributed by atoms with Gasteiger partial charge >= 0.3 is 6.03 Å². The second-order valence-corrected chi connectivity index (χ2v) is 6.05. The summed E-state index contributed by atoms with van der Waals surface area (Å²) >= 11 is 0. The molecule has 2 amide bonds. The first kappa shape index (κ1) is 15.6. The van der Waals surface area contributed by atoms with Crippen LogP contribution in [0.25, 0.3) is 0 Å². The molecule has 0 radical (unpaired) electrons. The Morgan fingerprint density at radius 2 is 1.74 bits per heavy atom. The molecule has 0 aromatic heterocycles. The molecule has 2 aromatic carbocycles. The summed E-state index contributed by atoms with van der Waals surface area (Å²) in [7, 11) is 3.03. The van der Waals surface area contributed by atoms with E-state index in [1.807, 2.05) is 12.1 Å². The molecule has 23 heavy (non-hydrogen) atoms. The van der Waals surface area contributed by atoms with Crippen LogP contribution in [0.5, 0.6) is 0 Å². The van der Waals surface area contributed by atoms with Crippen molar-refractivity contribution in [1.82, 2.24) is 5.06 Å². The zero-order valence-electron chi connectivity index (χ0n) is 13.6. The Morgan fingerprint density at radius 1 is 1.13 bits per heavy atom. The van der Waals surface area contributed by atoms with Crippen molar-refractivity contribution in [3.8, 4) is 0 Å². The summed E-state index contributed by atoms with van der Waals surface area (Å²) in [4.78, 5) is 16.6. The third-order valence-electron chi connectivity index (χ3n) is 4.43. The molecule has 1 N–H and O–H groups in total. The van der Waals surface area contributed by atoms with E-state index in [9.17, 15) is 4.79 Å². The van der Waals surface area contributed by atoms with Crippen molar-refractivity contribution in [3.63, 3.8) is 0 Å². The fourth-order valence-electron chi connectivity index (χ4n) is 3.14. The number of carbonyl (C=O) groups is 1. The van der Waals surface area contributed by atoms with Crippen molar-refractivity contribution in [3.05, 3.63) is 65.2 Å². The van der Waals surface area contributed by atoms with Crippen molar-refractivity contribution in [1.29, 1.82) is 0 Å². The molecule has 4 heteroatoms. The van der Waals surface area contributed by atoms with Crippen LogP contribution >= 0.6 is 0 Å². The smallest absolute Gasteiger partial charge is 0.306 e. The Hall–Kier alpha value is -2.33.